The zero-order valence-corrected chi connectivity index (χ0v) is 16.2. The topological polar surface area (TPSA) is 84.7 Å². The first-order valence-electron chi connectivity index (χ1n) is 8.86. The summed E-state index contributed by atoms with van der Waals surface area (Å²) < 4.78 is 5.17. The number of carbonyl (C=O) groups is 2. The van der Waals surface area contributed by atoms with Gasteiger partial charge < -0.3 is 20.7 Å². The summed E-state index contributed by atoms with van der Waals surface area (Å²) in [4.78, 5) is 25.8. The molecule has 0 spiro atoms. The van der Waals surface area contributed by atoms with Crippen LogP contribution in [-0.4, -0.2) is 32.4 Å². The van der Waals surface area contributed by atoms with E-state index in [2.05, 4.69) is 5.32 Å². The largest absolute Gasteiger partial charge is 0.495 e. The van der Waals surface area contributed by atoms with Crippen LogP contribution in [0.15, 0.2) is 54.6 Å². The Hall–Kier alpha value is -3.54. The zero-order valence-electron chi connectivity index (χ0n) is 16.2. The van der Waals surface area contributed by atoms with E-state index in [1.165, 1.54) is 7.11 Å². The normalized spacial score (nSPS) is 10.5. The van der Waals surface area contributed by atoms with Crippen LogP contribution in [0.1, 0.15) is 17.3 Å². The quantitative estimate of drug-likeness (QED) is 0.505. The number of benzene rings is 3. The lowest BCUT2D eigenvalue weighted by Gasteiger charge is -2.19. The van der Waals surface area contributed by atoms with Crippen molar-refractivity contribution in [3.63, 3.8) is 0 Å². The number of amides is 1. The lowest BCUT2D eigenvalue weighted by Crippen LogP contribution is -2.30. The Morgan fingerprint density at radius 2 is 1.75 bits per heavy atom. The minimum absolute atomic E-state index is 0.0408. The monoisotopic (exact) mass is 377 g/mol. The van der Waals surface area contributed by atoms with Gasteiger partial charge in [-0.1, -0.05) is 18.2 Å². The molecule has 6 heteroatoms. The summed E-state index contributed by atoms with van der Waals surface area (Å²) >= 11 is 0. The fourth-order valence-electron chi connectivity index (χ4n) is 2.99. The van der Waals surface area contributed by atoms with Crippen molar-refractivity contribution < 1.29 is 14.3 Å². The Kier molecular flexibility index (Phi) is 5.49. The summed E-state index contributed by atoms with van der Waals surface area (Å²) in [5.41, 5.74) is 8.53. The van der Waals surface area contributed by atoms with Crippen LogP contribution in [0.5, 0.6) is 5.75 Å². The number of methoxy groups -OCH3 is 1. The lowest BCUT2D eigenvalue weighted by atomic mass is 10.0. The van der Waals surface area contributed by atoms with Crippen LogP contribution in [0, 0.1) is 0 Å². The molecule has 0 aromatic heterocycles. The molecule has 3 rings (SSSR count). The van der Waals surface area contributed by atoms with Crippen molar-refractivity contribution in [2.75, 3.05) is 36.7 Å². The predicted molar refractivity (Wildman–Crippen MR) is 113 cm³/mol. The maximum atomic E-state index is 12.4. The Labute approximate surface area is 163 Å². The third-order valence-corrected chi connectivity index (χ3v) is 4.57. The molecule has 0 atom stereocenters. The number of anilines is 3. The van der Waals surface area contributed by atoms with Gasteiger partial charge in [0.15, 0.2) is 5.78 Å². The lowest BCUT2D eigenvalue weighted by molar-refractivity contribution is -0.114. The molecule has 0 saturated heterocycles. The molecule has 0 fully saturated rings. The number of nitrogens with two attached hydrogens (primary N) is 1. The highest BCUT2D eigenvalue weighted by molar-refractivity contribution is 5.99. The van der Waals surface area contributed by atoms with Gasteiger partial charge in [0.25, 0.3) is 0 Å². The molecule has 0 aliphatic heterocycles. The smallest absolute Gasteiger partial charge is 0.243 e. The molecule has 6 nitrogen and oxygen atoms in total. The van der Waals surface area contributed by atoms with Crippen LogP contribution in [0.25, 0.3) is 10.8 Å². The summed E-state index contributed by atoms with van der Waals surface area (Å²) in [6.07, 6.45) is 0. The molecular formula is C22H23N3O3. The second-order valence-electron chi connectivity index (χ2n) is 6.66. The van der Waals surface area contributed by atoms with E-state index in [1.54, 1.807) is 25.1 Å². The molecule has 0 saturated carbocycles. The van der Waals surface area contributed by atoms with Crippen molar-refractivity contribution in [2.45, 2.75) is 6.92 Å². The Morgan fingerprint density at radius 1 is 1.04 bits per heavy atom. The molecule has 144 valence electrons. The second-order valence-corrected chi connectivity index (χ2v) is 6.66. The number of hydrogen-bond donors (Lipinski definition) is 2. The molecule has 3 aromatic carbocycles. The molecule has 3 aromatic rings. The maximum absolute atomic E-state index is 12.4. The van der Waals surface area contributed by atoms with E-state index < -0.39 is 0 Å². The molecule has 3 N–H and O–H groups in total. The Bertz CT molecular complexity index is 1050. The van der Waals surface area contributed by atoms with Crippen LogP contribution in [0.2, 0.25) is 0 Å². The standard InChI is InChI=1S/C22H23N3O3/c1-14(26)15-4-5-17-11-19(8-6-16(17)10-15)25(2)13-22(27)24-18-7-9-20(23)21(12-18)28-3/h4-12H,13,23H2,1-3H3,(H,24,27). The summed E-state index contributed by atoms with van der Waals surface area (Å²) in [6.45, 7) is 1.74. The van der Waals surface area contributed by atoms with Gasteiger partial charge in [-0.2, -0.15) is 0 Å². The molecule has 0 aliphatic carbocycles. The first-order chi connectivity index (χ1) is 13.4. The number of ketones is 1. The Balaban J connectivity index is 1.71. The minimum Gasteiger partial charge on any atom is -0.495 e. The van der Waals surface area contributed by atoms with Gasteiger partial charge in [-0.25, -0.2) is 0 Å². The predicted octanol–water partition coefficient (Wildman–Crippen LogP) is 3.71. The zero-order chi connectivity index (χ0) is 20.3. The number of nitrogen functional groups attached to an aromatic ring is 1. The van der Waals surface area contributed by atoms with E-state index in [4.69, 9.17) is 10.5 Å². The van der Waals surface area contributed by atoms with E-state index in [9.17, 15) is 9.59 Å². The number of hydrogen-bond acceptors (Lipinski definition) is 5. The fourth-order valence-corrected chi connectivity index (χ4v) is 2.99. The summed E-state index contributed by atoms with van der Waals surface area (Å²) in [6, 6.07) is 16.6. The van der Waals surface area contributed by atoms with Gasteiger partial charge in [0.05, 0.1) is 19.3 Å². The van der Waals surface area contributed by atoms with Crippen LogP contribution in [0.4, 0.5) is 17.1 Å². The number of nitrogens with zero attached hydrogens (tertiary/aromatic N) is 1. The molecule has 0 bridgehead atoms. The van der Waals surface area contributed by atoms with Crippen molar-refractivity contribution in [1.29, 1.82) is 0 Å². The number of fused-ring (bicyclic) bond motifs is 1. The van der Waals surface area contributed by atoms with Gasteiger partial charge in [0.2, 0.25) is 5.91 Å². The minimum atomic E-state index is -0.152. The SMILES string of the molecule is COc1cc(NC(=O)CN(C)c2ccc3cc(C(C)=O)ccc3c2)ccc1N. The highest BCUT2D eigenvalue weighted by Gasteiger charge is 2.10. The summed E-state index contributed by atoms with van der Waals surface area (Å²) in [5, 5.41) is 4.85. The van der Waals surface area contributed by atoms with Gasteiger partial charge in [0, 0.05) is 30.1 Å². The number of rotatable bonds is 6. The number of likely N-dealkylation sites (N-methyl/N-ethyl adjacent to an activating group) is 1. The van der Waals surface area contributed by atoms with E-state index in [0.717, 1.165) is 16.5 Å². The second kappa shape index (κ2) is 8.00. The summed E-state index contributed by atoms with van der Waals surface area (Å²) in [7, 11) is 3.39. The number of Topliss-reactive ketones (excluding diaryl/α,β-unsaturated/α-hetero) is 1. The van der Waals surface area contributed by atoms with E-state index in [0.29, 0.717) is 22.7 Å². The highest BCUT2D eigenvalue weighted by Crippen LogP contribution is 2.25. The molecule has 28 heavy (non-hydrogen) atoms. The average Bonchev–Trinajstić information content (AvgIpc) is 2.68. The van der Waals surface area contributed by atoms with Crippen LogP contribution < -0.4 is 20.7 Å². The van der Waals surface area contributed by atoms with Gasteiger partial charge in [-0.05, 0) is 48.0 Å². The number of carbonyl (C=O) groups excluding carboxylic acids is 2. The van der Waals surface area contributed by atoms with Gasteiger partial charge in [-0.15, -0.1) is 0 Å². The third-order valence-electron chi connectivity index (χ3n) is 4.57. The van der Waals surface area contributed by atoms with Crippen molar-refractivity contribution in [1.82, 2.24) is 0 Å². The van der Waals surface area contributed by atoms with Crippen LogP contribution in [-0.2, 0) is 4.79 Å². The van der Waals surface area contributed by atoms with Crippen molar-refractivity contribution >= 4 is 39.5 Å². The highest BCUT2D eigenvalue weighted by atomic mass is 16.5. The van der Waals surface area contributed by atoms with E-state index in [-0.39, 0.29) is 18.2 Å². The van der Waals surface area contributed by atoms with Crippen molar-refractivity contribution in [2.24, 2.45) is 0 Å². The van der Waals surface area contributed by atoms with E-state index in [1.807, 2.05) is 48.3 Å². The van der Waals surface area contributed by atoms with Crippen molar-refractivity contribution in [3.05, 3.63) is 60.2 Å². The number of ether oxygens (including phenoxy) is 1. The fraction of sp³-hybridized carbons (Fsp3) is 0.182. The first-order valence-corrected chi connectivity index (χ1v) is 8.86. The Morgan fingerprint density at radius 3 is 2.46 bits per heavy atom. The first kappa shape index (κ1) is 19.2. The molecule has 1 amide bonds. The van der Waals surface area contributed by atoms with Gasteiger partial charge >= 0.3 is 0 Å². The van der Waals surface area contributed by atoms with Crippen molar-refractivity contribution in [3.8, 4) is 5.75 Å². The van der Waals surface area contributed by atoms with E-state index >= 15 is 0 Å². The van der Waals surface area contributed by atoms with Crippen LogP contribution in [0.3, 0.4) is 0 Å². The average molecular weight is 377 g/mol. The third kappa shape index (κ3) is 4.23. The molecule has 0 heterocycles. The number of nitrogens with one attached hydrogen (secondary N) is 1. The van der Waals surface area contributed by atoms with Gasteiger partial charge in [-0.3, -0.25) is 9.59 Å². The maximum Gasteiger partial charge on any atom is 0.243 e. The molecule has 0 radical (unpaired) electrons. The molecular weight excluding hydrogens is 354 g/mol. The van der Waals surface area contributed by atoms with Crippen LogP contribution >= 0.6 is 0 Å². The summed E-state index contributed by atoms with van der Waals surface area (Å²) in [5.74, 6) is 0.408. The molecule has 0 unspecified atom stereocenters. The van der Waals surface area contributed by atoms with Gasteiger partial charge in [0.1, 0.15) is 5.75 Å². The molecule has 0 aliphatic rings.